The summed E-state index contributed by atoms with van der Waals surface area (Å²) >= 11 is 0. The number of nitrogens with one attached hydrogen (secondary N) is 1. The van der Waals surface area contributed by atoms with Crippen molar-refractivity contribution in [1.29, 1.82) is 0 Å². The summed E-state index contributed by atoms with van der Waals surface area (Å²) in [6.07, 6.45) is 1.20. The van der Waals surface area contributed by atoms with E-state index >= 15 is 0 Å². The van der Waals surface area contributed by atoms with Gasteiger partial charge in [0.2, 0.25) is 0 Å². The maximum Gasteiger partial charge on any atom is 0.0208 e. The molecule has 0 aromatic heterocycles. The molecule has 0 heterocycles. The Hall–Kier alpha value is -0.530. The Bertz CT molecular complexity index is 246. The summed E-state index contributed by atoms with van der Waals surface area (Å²) in [5, 5.41) is 3.59. The van der Waals surface area contributed by atoms with Crippen LogP contribution in [-0.2, 0) is 6.54 Å². The van der Waals surface area contributed by atoms with Crippen LogP contribution in [0.25, 0.3) is 0 Å². The van der Waals surface area contributed by atoms with E-state index < -0.39 is 0 Å². The fourth-order valence-electron chi connectivity index (χ4n) is 1.70. The molecule has 1 unspecified atom stereocenters. The van der Waals surface area contributed by atoms with Gasteiger partial charge in [0.25, 0.3) is 0 Å². The third-order valence-electron chi connectivity index (χ3n) is 2.66. The molecular weight excluding hydrogens is 206 g/mol. The van der Waals surface area contributed by atoms with Crippen molar-refractivity contribution in [2.45, 2.75) is 39.8 Å². The average Bonchev–Trinajstić information content (AvgIpc) is 2.20. The zero-order chi connectivity index (χ0) is 10.4. The Morgan fingerprint density at radius 3 is 2.20 bits per heavy atom. The maximum absolute atomic E-state index is 3.59. The van der Waals surface area contributed by atoms with E-state index in [1.54, 1.807) is 0 Å². The lowest BCUT2D eigenvalue weighted by atomic mass is 10.0. The molecule has 0 radical (unpaired) electrons. The minimum atomic E-state index is 0. The van der Waals surface area contributed by atoms with E-state index in [0.717, 1.165) is 6.54 Å². The molecule has 0 aliphatic heterocycles. The number of halogens is 1. The third kappa shape index (κ3) is 5.19. The molecule has 1 aromatic carbocycles. The lowest BCUT2D eigenvalue weighted by Gasteiger charge is -2.20. The van der Waals surface area contributed by atoms with Gasteiger partial charge in [0, 0.05) is 12.6 Å². The molecule has 1 N–H and O–H groups in total. The first kappa shape index (κ1) is 14.5. The zero-order valence-electron chi connectivity index (χ0n) is 9.86. The molecule has 0 aliphatic carbocycles. The largest absolute Gasteiger partial charge is 0.310 e. The molecule has 1 nitrogen and oxygen atoms in total. The van der Waals surface area contributed by atoms with Gasteiger partial charge in [0.15, 0.2) is 0 Å². The topological polar surface area (TPSA) is 12.0 Å². The molecule has 0 amide bonds. The van der Waals surface area contributed by atoms with E-state index in [2.05, 4.69) is 56.4 Å². The standard InChI is InChI=1S/C13H21N.ClH/c1-4-13(11(2)3)14-10-12-8-6-5-7-9-12;/h5-9,11,13-14H,4,10H2,1-3H3;1H. The van der Waals surface area contributed by atoms with Gasteiger partial charge in [0.1, 0.15) is 0 Å². The second-order valence-electron chi connectivity index (χ2n) is 4.13. The Kier molecular flexibility index (Phi) is 7.45. The molecule has 0 saturated heterocycles. The smallest absolute Gasteiger partial charge is 0.0208 e. The predicted molar refractivity (Wildman–Crippen MR) is 69.4 cm³/mol. The summed E-state index contributed by atoms with van der Waals surface area (Å²) in [4.78, 5) is 0. The van der Waals surface area contributed by atoms with Gasteiger partial charge in [-0.2, -0.15) is 0 Å². The highest BCUT2D eigenvalue weighted by Gasteiger charge is 2.09. The van der Waals surface area contributed by atoms with Crippen molar-refractivity contribution in [3.8, 4) is 0 Å². The van der Waals surface area contributed by atoms with Gasteiger partial charge in [-0.25, -0.2) is 0 Å². The van der Waals surface area contributed by atoms with E-state index in [9.17, 15) is 0 Å². The summed E-state index contributed by atoms with van der Waals surface area (Å²) in [7, 11) is 0. The summed E-state index contributed by atoms with van der Waals surface area (Å²) in [6, 6.07) is 11.2. The first-order valence-electron chi connectivity index (χ1n) is 5.51. The second-order valence-corrected chi connectivity index (χ2v) is 4.13. The van der Waals surface area contributed by atoms with E-state index in [4.69, 9.17) is 0 Å². The first-order chi connectivity index (χ1) is 6.74. The van der Waals surface area contributed by atoms with Crippen LogP contribution < -0.4 is 5.32 Å². The Balaban J connectivity index is 0.00000196. The number of hydrogen-bond acceptors (Lipinski definition) is 1. The highest BCUT2D eigenvalue weighted by molar-refractivity contribution is 5.85. The van der Waals surface area contributed by atoms with Crippen LogP contribution >= 0.6 is 12.4 Å². The summed E-state index contributed by atoms with van der Waals surface area (Å²) in [6.45, 7) is 7.76. The Labute approximate surface area is 99.7 Å². The van der Waals surface area contributed by atoms with Crippen LogP contribution in [0.1, 0.15) is 32.8 Å². The molecule has 0 bridgehead atoms. The molecule has 0 saturated carbocycles. The molecule has 15 heavy (non-hydrogen) atoms. The average molecular weight is 228 g/mol. The molecule has 0 spiro atoms. The molecule has 0 aliphatic rings. The van der Waals surface area contributed by atoms with Crippen molar-refractivity contribution in [3.05, 3.63) is 35.9 Å². The minimum absolute atomic E-state index is 0. The van der Waals surface area contributed by atoms with E-state index in [-0.39, 0.29) is 12.4 Å². The lowest BCUT2D eigenvalue weighted by molar-refractivity contribution is 0.387. The van der Waals surface area contributed by atoms with Gasteiger partial charge in [-0.3, -0.25) is 0 Å². The van der Waals surface area contributed by atoms with Crippen molar-refractivity contribution in [2.24, 2.45) is 5.92 Å². The van der Waals surface area contributed by atoms with Crippen molar-refractivity contribution < 1.29 is 0 Å². The number of rotatable bonds is 5. The Morgan fingerprint density at radius 1 is 1.13 bits per heavy atom. The SMILES string of the molecule is CCC(NCc1ccccc1)C(C)C.Cl. The van der Waals surface area contributed by atoms with Gasteiger partial charge in [-0.15, -0.1) is 12.4 Å². The molecule has 2 heteroatoms. The molecule has 1 rings (SSSR count). The lowest BCUT2D eigenvalue weighted by Crippen LogP contribution is -2.32. The van der Waals surface area contributed by atoms with Gasteiger partial charge in [-0.05, 0) is 17.9 Å². The highest BCUT2D eigenvalue weighted by Crippen LogP contribution is 2.07. The summed E-state index contributed by atoms with van der Waals surface area (Å²) < 4.78 is 0. The van der Waals surface area contributed by atoms with Gasteiger partial charge < -0.3 is 5.32 Å². The molecule has 86 valence electrons. The van der Waals surface area contributed by atoms with Gasteiger partial charge in [-0.1, -0.05) is 51.1 Å². The van der Waals surface area contributed by atoms with Crippen LogP contribution in [0.3, 0.4) is 0 Å². The molecule has 1 aromatic rings. The predicted octanol–water partition coefficient (Wildman–Crippen LogP) is 3.63. The highest BCUT2D eigenvalue weighted by atomic mass is 35.5. The maximum atomic E-state index is 3.59. The first-order valence-corrected chi connectivity index (χ1v) is 5.51. The van der Waals surface area contributed by atoms with Crippen LogP contribution in [-0.4, -0.2) is 6.04 Å². The summed E-state index contributed by atoms with van der Waals surface area (Å²) in [5.41, 5.74) is 1.37. The number of hydrogen-bond donors (Lipinski definition) is 1. The molecule has 0 fully saturated rings. The minimum Gasteiger partial charge on any atom is -0.310 e. The molecule has 1 atom stereocenters. The van der Waals surface area contributed by atoms with E-state index in [1.165, 1.54) is 12.0 Å². The van der Waals surface area contributed by atoms with Crippen LogP contribution in [0.15, 0.2) is 30.3 Å². The summed E-state index contributed by atoms with van der Waals surface area (Å²) in [5.74, 6) is 0.712. The quantitative estimate of drug-likeness (QED) is 0.810. The van der Waals surface area contributed by atoms with E-state index in [1.807, 2.05) is 0 Å². The van der Waals surface area contributed by atoms with Crippen molar-refractivity contribution in [1.82, 2.24) is 5.32 Å². The van der Waals surface area contributed by atoms with Gasteiger partial charge >= 0.3 is 0 Å². The molecular formula is C13H22ClN. The van der Waals surface area contributed by atoms with Crippen LogP contribution in [0.5, 0.6) is 0 Å². The van der Waals surface area contributed by atoms with Crippen molar-refractivity contribution >= 4 is 12.4 Å². The second kappa shape index (κ2) is 7.72. The van der Waals surface area contributed by atoms with Crippen molar-refractivity contribution in [2.75, 3.05) is 0 Å². The third-order valence-corrected chi connectivity index (χ3v) is 2.66. The fourth-order valence-corrected chi connectivity index (χ4v) is 1.70. The Morgan fingerprint density at radius 2 is 1.73 bits per heavy atom. The van der Waals surface area contributed by atoms with E-state index in [0.29, 0.717) is 12.0 Å². The van der Waals surface area contributed by atoms with Crippen LogP contribution in [0.2, 0.25) is 0 Å². The van der Waals surface area contributed by atoms with Gasteiger partial charge in [0.05, 0.1) is 0 Å². The normalized spacial score (nSPS) is 12.3. The zero-order valence-corrected chi connectivity index (χ0v) is 10.7. The monoisotopic (exact) mass is 227 g/mol. The fraction of sp³-hybridized carbons (Fsp3) is 0.538. The number of benzene rings is 1. The van der Waals surface area contributed by atoms with Crippen LogP contribution in [0, 0.1) is 5.92 Å². The van der Waals surface area contributed by atoms with Crippen molar-refractivity contribution in [3.63, 3.8) is 0 Å². The van der Waals surface area contributed by atoms with Crippen LogP contribution in [0.4, 0.5) is 0 Å².